The van der Waals surface area contributed by atoms with Crippen LogP contribution in [-0.4, -0.2) is 38.4 Å². The van der Waals surface area contributed by atoms with E-state index in [9.17, 15) is 9.59 Å². The number of aromatic nitrogens is 4. The first-order valence-electron chi connectivity index (χ1n) is 7.78. The van der Waals surface area contributed by atoms with E-state index < -0.39 is 0 Å². The molecule has 0 aliphatic heterocycles. The summed E-state index contributed by atoms with van der Waals surface area (Å²) in [6.07, 6.45) is 0. The number of carbonyl (C=O) groups is 2. The lowest BCUT2D eigenvalue weighted by atomic mass is 10.1. The third-order valence-electron chi connectivity index (χ3n) is 3.72. The van der Waals surface area contributed by atoms with Gasteiger partial charge in [-0.2, -0.15) is 4.98 Å². The van der Waals surface area contributed by atoms with E-state index in [2.05, 4.69) is 25.7 Å². The second-order valence-corrected chi connectivity index (χ2v) is 5.64. The Morgan fingerprint density at radius 3 is 2.48 bits per heavy atom. The highest BCUT2D eigenvalue weighted by Gasteiger charge is 2.14. The van der Waals surface area contributed by atoms with Crippen molar-refractivity contribution in [2.24, 2.45) is 0 Å². The predicted molar refractivity (Wildman–Crippen MR) is 91.3 cm³/mol. The summed E-state index contributed by atoms with van der Waals surface area (Å²) >= 11 is 0. The van der Waals surface area contributed by atoms with Gasteiger partial charge < -0.3 is 10.6 Å². The molecule has 128 valence electrons. The average molecular weight is 338 g/mol. The highest BCUT2D eigenvalue weighted by Crippen LogP contribution is 2.07. The number of hydrogen-bond donors (Lipinski definition) is 2. The van der Waals surface area contributed by atoms with E-state index in [-0.39, 0.29) is 17.6 Å². The first-order chi connectivity index (χ1) is 12.0. The Morgan fingerprint density at radius 1 is 1.08 bits per heavy atom. The molecule has 0 radical (unpaired) electrons. The van der Waals surface area contributed by atoms with Gasteiger partial charge in [0.2, 0.25) is 5.82 Å². The molecule has 25 heavy (non-hydrogen) atoms. The number of amides is 2. The quantitative estimate of drug-likeness (QED) is 0.740. The number of carbonyl (C=O) groups excluding carboxylic acids is 2. The molecule has 0 unspecified atom stereocenters. The van der Waals surface area contributed by atoms with Crippen molar-refractivity contribution in [2.75, 3.05) is 7.05 Å². The van der Waals surface area contributed by atoms with Crippen LogP contribution in [0.15, 0.2) is 30.3 Å². The predicted octanol–water partition coefficient (Wildman–Crippen LogP) is 1.03. The summed E-state index contributed by atoms with van der Waals surface area (Å²) in [6, 6.07) is 8.87. The maximum Gasteiger partial charge on any atom is 0.291 e. The molecule has 2 aromatic heterocycles. The molecule has 0 saturated carbocycles. The number of fused-ring (bicyclic) bond motifs is 1. The fraction of sp³-hybridized carbons (Fsp3) is 0.235. The molecule has 0 aliphatic rings. The molecule has 0 saturated heterocycles. The van der Waals surface area contributed by atoms with Crippen LogP contribution in [0.5, 0.6) is 0 Å². The highest BCUT2D eigenvalue weighted by molar-refractivity contribution is 5.94. The van der Waals surface area contributed by atoms with E-state index in [1.807, 2.05) is 19.9 Å². The van der Waals surface area contributed by atoms with Gasteiger partial charge in [0.15, 0.2) is 0 Å². The van der Waals surface area contributed by atoms with Crippen molar-refractivity contribution in [1.82, 2.24) is 30.2 Å². The van der Waals surface area contributed by atoms with Crippen LogP contribution in [0, 0.1) is 13.8 Å². The summed E-state index contributed by atoms with van der Waals surface area (Å²) in [6.45, 7) is 4.06. The summed E-state index contributed by atoms with van der Waals surface area (Å²) in [5.74, 6) is -0.0543. The second kappa shape index (κ2) is 6.68. The topological polar surface area (TPSA) is 101 Å². The Hall–Kier alpha value is -3.29. The Balaban J connectivity index is 1.70. The molecule has 2 heterocycles. The fourth-order valence-electron chi connectivity index (χ4n) is 2.44. The number of nitrogens with zero attached hydrogens (tertiary/aromatic N) is 4. The van der Waals surface area contributed by atoms with Gasteiger partial charge in [-0.15, -0.1) is 5.10 Å². The smallest absolute Gasteiger partial charge is 0.291 e. The maximum atomic E-state index is 12.3. The van der Waals surface area contributed by atoms with E-state index in [0.29, 0.717) is 17.9 Å². The van der Waals surface area contributed by atoms with Crippen molar-refractivity contribution < 1.29 is 9.59 Å². The van der Waals surface area contributed by atoms with E-state index in [4.69, 9.17) is 0 Å². The molecule has 3 rings (SSSR count). The lowest BCUT2D eigenvalue weighted by molar-refractivity contribution is 0.0937. The maximum absolute atomic E-state index is 12.3. The van der Waals surface area contributed by atoms with Gasteiger partial charge in [0.05, 0.1) is 0 Å². The summed E-state index contributed by atoms with van der Waals surface area (Å²) in [5.41, 5.74) is 3.12. The summed E-state index contributed by atoms with van der Waals surface area (Å²) in [4.78, 5) is 32.2. The molecule has 1 aromatic carbocycles. The molecule has 8 nitrogen and oxygen atoms in total. The number of aryl methyl sites for hydroxylation is 2. The first kappa shape index (κ1) is 16.6. The van der Waals surface area contributed by atoms with Crippen LogP contribution >= 0.6 is 0 Å². The minimum atomic E-state index is -0.377. The van der Waals surface area contributed by atoms with Crippen molar-refractivity contribution >= 4 is 17.6 Å². The average Bonchev–Trinajstić information content (AvgIpc) is 3.04. The zero-order valence-electron chi connectivity index (χ0n) is 14.2. The van der Waals surface area contributed by atoms with E-state index in [1.165, 1.54) is 0 Å². The fourth-order valence-corrected chi connectivity index (χ4v) is 2.44. The molecule has 0 aliphatic carbocycles. The van der Waals surface area contributed by atoms with Crippen LogP contribution in [-0.2, 0) is 6.54 Å². The van der Waals surface area contributed by atoms with Crippen molar-refractivity contribution in [1.29, 1.82) is 0 Å². The zero-order chi connectivity index (χ0) is 18.0. The monoisotopic (exact) mass is 338 g/mol. The molecule has 2 amide bonds. The molecule has 0 atom stereocenters. The Kier molecular flexibility index (Phi) is 4.42. The van der Waals surface area contributed by atoms with Gasteiger partial charge in [0.1, 0.15) is 0 Å². The van der Waals surface area contributed by atoms with Gasteiger partial charge in [-0.3, -0.25) is 9.59 Å². The minimum absolute atomic E-state index is 0.0724. The van der Waals surface area contributed by atoms with E-state index in [1.54, 1.807) is 35.8 Å². The van der Waals surface area contributed by atoms with E-state index >= 15 is 0 Å². The van der Waals surface area contributed by atoms with Gasteiger partial charge >= 0.3 is 0 Å². The third kappa shape index (κ3) is 3.47. The number of nitrogens with one attached hydrogen (secondary N) is 2. The number of rotatable bonds is 4. The molecule has 0 fully saturated rings. The van der Waals surface area contributed by atoms with Crippen molar-refractivity contribution in [3.05, 3.63) is 58.7 Å². The second-order valence-electron chi connectivity index (χ2n) is 5.64. The molecule has 3 aromatic rings. The SMILES string of the molecule is CNC(=O)c1ccc(CNC(=O)c2nc3nc(C)cc(C)n3n2)cc1. The third-order valence-corrected chi connectivity index (χ3v) is 3.72. The van der Waals surface area contributed by atoms with Crippen molar-refractivity contribution in [2.45, 2.75) is 20.4 Å². The molecular weight excluding hydrogens is 320 g/mol. The van der Waals surface area contributed by atoms with Crippen LogP contribution in [0.25, 0.3) is 5.78 Å². The standard InChI is InChI=1S/C17H18N6O2/c1-10-8-11(2)23-17(20-10)21-14(22-23)16(25)19-9-12-4-6-13(7-5-12)15(24)18-3/h4-8H,9H2,1-3H3,(H,18,24)(H,19,25). The summed E-state index contributed by atoms with van der Waals surface area (Å²) in [5, 5.41) is 9.52. The Morgan fingerprint density at radius 2 is 1.80 bits per heavy atom. The van der Waals surface area contributed by atoms with Gasteiger partial charge in [-0.1, -0.05) is 12.1 Å². The van der Waals surface area contributed by atoms with Crippen LogP contribution in [0.2, 0.25) is 0 Å². The molecule has 0 bridgehead atoms. The molecule has 0 spiro atoms. The minimum Gasteiger partial charge on any atom is -0.355 e. The van der Waals surface area contributed by atoms with Crippen molar-refractivity contribution in [3.8, 4) is 0 Å². The first-order valence-corrected chi connectivity index (χ1v) is 7.78. The number of benzene rings is 1. The van der Waals surface area contributed by atoms with Crippen molar-refractivity contribution in [3.63, 3.8) is 0 Å². The van der Waals surface area contributed by atoms with Crippen LogP contribution in [0.3, 0.4) is 0 Å². The van der Waals surface area contributed by atoms with Gasteiger partial charge in [0.25, 0.3) is 17.6 Å². The summed E-state index contributed by atoms with van der Waals surface area (Å²) < 4.78 is 1.54. The lowest BCUT2D eigenvalue weighted by Crippen LogP contribution is -2.24. The Labute approximate surface area is 144 Å². The van der Waals surface area contributed by atoms with Crippen LogP contribution in [0.1, 0.15) is 37.9 Å². The van der Waals surface area contributed by atoms with E-state index in [0.717, 1.165) is 17.0 Å². The normalized spacial score (nSPS) is 10.7. The van der Waals surface area contributed by atoms with Crippen LogP contribution < -0.4 is 10.6 Å². The van der Waals surface area contributed by atoms with Gasteiger partial charge in [-0.05, 0) is 37.6 Å². The summed E-state index contributed by atoms with van der Waals surface area (Å²) in [7, 11) is 1.58. The molecular formula is C17H18N6O2. The largest absolute Gasteiger partial charge is 0.355 e. The Bertz CT molecular complexity index is 946. The lowest BCUT2D eigenvalue weighted by Gasteiger charge is -2.04. The van der Waals surface area contributed by atoms with Crippen LogP contribution in [0.4, 0.5) is 0 Å². The molecule has 8 heteroatoms. The van der Waals surface area contributed by atoms with Gasteiger partial charge in [-0.25, -0.2) is 9.50 Å². The zero-order valence-corrected chi connectivity index (χ0v) is 14.2. The molecule has 2 N–H and O–H groups in total. The van der Waals surface area contributed by atoms with Gasteiger partial charge in [0, 0.05) is 30.5 Å². The number of hydrogen-bond acceptors (Lipinski definition) is 5. The highest BCUT2D eigenvalue weighted by atomic mass is 16.2.